The van der Waals surface area contributed by atoms with Crippen molar-refractivity contribution in [1.29, 1.82) is 0 Å². The van der Waals surface area contributed by atoms with Gasteiger partial charge in [0.1, 0.15) is 0 Å². The van der Waals surface area contributed by atoms with E-state index < -0.39 is 5.97 Å². The van der Waals surface area contributed by atoms with Crippen LogP contribution < -0.4 is 0 Å². The second-order valence-electron chi connectivity index (χ2n) is 5.14. The quantitative estimate of drug-likeness (QED) is 0.735. The standard InChI is InChI=1S/C14H15N5O3S/c1-18(6-9-7-19(2)16-12(9)14(20)21)8-11-15-13(17-22-11)10-4-3-5-23-10/h3-5,7H,6,8H2,1-2H3,(H,20,21). The van der Waals surface area contributed by atoms with Crippen molar-refractivity contribution in [3.8, 4) is 10.7 Å². The molecule has 0 radical (unpaired) electrons. The third-order valence-electron chi connectivity index (χ3n) is 3.16. The number of aromatic nitrogens is 4. The molecule has 120 valence electrons. The minimum Gasteiger partial charge on any atom is -0.476 e. The van der Waals surface area contributed by atoms with Crippen LogP contribution in [0.3, 0.4) is 0 Å². The number of hydrogen-bond donors (Lipinski definition) is 1. The van der Waals surface area contributed by atoms with Gasteiger partial charge < -0.3 is 9.63 Å². The Morgan fingerprint density at radius 3 is 3.00 bits per heavy atom. The number of carboxylic acids is 1. The van der Waals surface area contributed by atoms with E-state index in [-0.39, 0.29) is 5.69 Å². The minimum absolute atomic E-state index is 0.0594. The van der Waals surface area contributed by atoms with Gasteiger partial charge in [-0.2, -0.15) is 10.1 Å². The summed E-state index contributed by atoms with van der Waals surface area (Å²) in [5.74, 6) is 0.0134. The van der Waals surface area contributed by atoms with Gasteiger partial charge in [0.2, 0.25) is 11.7 Å². The van der Waals surface area contributed by atoms with E-state index in [2.05, 4.69) is 15.2 Å². The van der Waals surface area contributed by atoms with Gasteiger partial charge in [-0.15, -0.1) is 11.3 Å². The summed E-state index contributed by atoms with van der Waals surface area (Å²) >= 11 is 1.54. The van der Waals surface area contributed by atoms with Crippen LogP contribution in [0.1, 0.15) is 21.9 Å². The van der Waals surface area contributed by atoms with Crippen molar-refractivity contribution < 1.29 is 14.4 Å². The summed E-state index contributed by atoms with van der Waals surface area (Å²) in [7, 11) is 3.55. The van der Waals surface area contributed by atoms with Crippen LogP contribution in [0.25, 0.3) is 10.7 Å². The first-order valence-corrected chi connectivity index (χ1v) is 7.71. The number of aryl methyl sites for hydroxylation is 1. The fourth-order valence-electron chi connectivity index (χ4n) is 2.24. The van der Waals surface area contributed by atoms with Gasteiger partial charge in [-0.3, -0.25) is 9.58 Å². The molecule has 0 spiro atoms. The lowest BCUT2D eigenvalue weighted by Crippen LogP contribution is -2.18. The molecule has 1 N–H and O–H groups in total. The number of rotatable bonds is 6. The molecule has 0 amide bonds. The SMILES string of the molecule is CN(Cc1nc(-c2cccs2)no1)Cc1cn(C)nc1C(=O)O. The van der Waals surface area contributed by atoms with Crippen LogP contribution in [0, 0.1) is 0 Å². The summed E-state index contributed by atoms with van der Waals surface area (Å²) in [5, 5.41) is 19.0. The zero-order valence-electron chi connectivity index (χ0n) is 12.6. The van der Waals surface area contributed by atoms with Crippen LogP contribution in [0.2, 0.25) is 0 Å². The van der Waals surface area contributed by atoms with E-state index in [9.17, 15) is 4.79 Å². The fraction of sp³-hybridized carbons (Fsp3) is 0.286. The van der Waals surface area contributed by atoms with Crippen LogP contribution in [0.5, 0.6) is 0 Å². The van der Waals surface area contributed by atoms with Gasteiger partial charge in [-0.1, -0.05) is 11.2 Å². The molecule has 0 aliphatic rings. The summed E-state index contributed by atoms with van der Waals surface area (Å²) < 4.78 is 6.74. The highest BCUT2D eigenvalue weighted by molar-refractivity contribution is 7.13. The molecule has 9 heteroatoms. The van der Waals surface area contributed by atoms with E-state index in [0.29, 0.717) is 30.4 Å². The zero-order valence-corrected chi connectivity index (χ0v) is 13.4. The van der Waals surface area contributed by atoms with E-state index in [1.165, 1.54) is 4.68 Å². The molecule has 0 saturated carbocycles. The lowest BCUT2D eigenvalue weighted by molar-refractivity contribution is 0.0687. The summed E-state index contributed by atoms with van der Waals surface area (Å²) in [6.45, 7) is 0.846. The van der Waals surface area contributed by atoms with Gasteiger partial charge in [0, 0.05) is 25.4 Å². The molecule has 0 saturated heterocycles. The first-order chi connectivity index (χ1) is 11.0. The molecule has 0 aliphatic carbocycles. The van der Waals surface area contributed by atoms with Crippen molar-refractivity contribution in [2.24, 2.45) is 7.05 Å². The maximum absolute atomic E-state index is 11.2. The van der Waals surface area contributed by atoms with Crippen LogP contribution in [-0.2, 0) is 20.1 Å². The highest BCUT2D eigenvalue weighted by atomic mass is 32.1. The smallest absolute Gasteiger partial charge is 0.356 e. The Balaban J connectivity index is 1.68. The van der Waals surface area contributed by atoms with Crippen molar-refractivity contribution in [3.63, 3.8) is 0 Å². The van der Waals surface area contributed by atoms with Crippen molar-refractivity contribution in [2.45, 2.75) is 13.1 Å². The highest BCUT2D eigenvalue weighted by Crippen LogP contribution is 2.21. The van der Waals surface area contributed by atoms with Crippen molar-refractivity contribution in [3.05, 3.63) is 40.9 Å². The highest BCUT2D eigenvalue weighted by Gasteiger charge is 2.17. The second kappa shape index (κ2) is 6.31. The second-order valence-corrected chi connectivity index (χ2v) is 6.09. The number of carbonyl (C=O) groups is 1. The maximum Gasteiger partial charge on any atom is 0.356 e. The maximum atomic E-state index is 11.2. The third-order valence-corrected chi connectivity index (χ3v) is 4.03. The summed E-state index contributed by atoms with van der Waals surface area (Å²) in [6.07, 6.45) is 1.70. The topological polar surface area (TPSA) is 97.3 Å². The zero-order chi connectivity index (χ0) is 16.4. The molecule has 0 atom stereocenters. The van der Waals surface area contributed by atoms with E-state index in [4.69, 9.17) is 9.63 Å². The lowest BCUT2D eigenvalue weighted by Gasteiger charge is -2.12. The summed E-state index contributed by atoms with van der Waals surface area (Å²) in [5.41, 5.74) is 0.699. The Hall–Kier alpha value is -2.52. The van der Waals surface area contributed by atoms with Crippen LogP contribution in [-0.4, -0.2) is 42.9 Å². The molecule has 0 aromatic carbocycles. The number of hydrogen-bond acceptors (Lipinski definition) is 7. The minimum atomic E-state index is -1.04. The Morgan fingerprint density at radius 1 is 1.48 bits per heavy atom. The van der Waals surface area contributed by atoms with Crippen molar-refractivity contribution >= 4 is 17.3 Å². The van der Waals surface area contributed by atoms with E-state index >= 15 is 0 Å². The number of nitrogens with zero attached hydrogens (tertiary/aromatic N) is 5. The molecule has 0 fully saturated rings. The van der Waals surface area contributed by atoms with Gasteiger partial charge in [0.15, 0.2) is 5.69 Å². The summed E-state index contributed by atoms with van der Waals surface area (Å²) in [6, 6.07) is 3.86. The predicted octanol–water partition coefficient (Wildman–Crippen LogP) is 1.86. The third kappa shape index (κ3) is 3.46. The molecule has 3 rings (SSSR count). The lowest BCUT2D eigenvalue weighted by atomic mass is 10.2. The number of thiophene rings is 1. The number of aromatic carboxylic acids is 1. The molecular formula is C14H15N5O3S. The van der Waals surface area contributed by atoms with Gasteiger partial charge in [-0.05, 0) is 18.5 Å². The molecule has 8 nitrogen and oxygen atoms in total. The first kappa shape index (κ1) is 15.4. The van der Waals surface area contributed by atoms with Crippen molar-refractivity contribution in [1.82, 2.24) is 24.8 Å². The average Bonchev–Trinajstić information content (AvgIpc) is 3.18. The van der Waals surface area contributed by atoms with Gasteiger partial charge in [-0.25, -0.2) is 4.79 Å². The Kier molecular flexibility index (Phi) is 4.22. The van der Waals surface area contributed by atoms with E-state index in [1.54, 1.807) is 24.6 Å². The van der Waals surface area contributed by atoms with Gasteiger partial charge in [0.05, 0.1) is 11.4 Å². The van der Waals surface area contributed by atoms with Crippen LogP contribution in [0.4, 0.5) is 0 Å². The molecular weight excluding hydrogens is 318 g/mol. The molecule has 23 heavy (non-hydrogen) atoms. The van der Waals surface area contributed by atoms with Gasteiger partial charge in [0.25, 0.3) is 0 Å². The summed E-state index contributed by atoms with van der Waals surface area (Å²) in [4.78, 5) is 18.4. The molecule has 3 aromatic heterocycles. The van der Waals surface area contributed by atoms with Crippen LogP contribution in [0.15, 0.2) is 28.2 Å². The Bertz CT molecular complexity index is 808. The first-order valence-electron chi connectivity index (χ1n) is 6.83. The van der Waals surface area contributed by atoms with Crippen LogP contribution >= 0.6 is 11.3 Å². The Morgan fingerprint density at radius 2 is 2.30 bits per heavy atom. The largest absolute Gasteiger partial charge is 0.476 e. The molecule has 0 bridgehead atoms. The van der Waals surface area contributed by atoms with Crippen molar-refractivity contribution in [2.75, 3.05) is 7.05 Å². The normalized spacial score (nSPS) is 11.3. The Labute approximate surface area is 136 Å². The number of carboxylic acid groups (broad SMARTS) is 1. The monoisotopic (exact) mass is 333 g/mol. The van der Waals surface area contributed by atoms with E-state index in [1.807, 2.05) is 29.5 Å². The molecule has 3 heterocycles. The van der Waals surface area contributed by atoms with E-state index in [0.717, 1.165) is 4.88 Å². The molecule has 3 aromatic rings. The van der Waals surface area contributed by atoms with Gasteiger partial charge >= 0.3 is 5.97 Å². The fourth-order valence-corrected chi connectivity index (χ4v) is 2.89. The average molecular weight is 333 g/mol. The predicted molar refractivity (Wildman–Crippen MR) is 82.9 cm³/mol. The molecule has 0 unspecified atom stereocenters. The molecule has 0 aliphatic heterocycles.